The van der Waals surface area contributed by atoms with Gasteiger partial charge in [0.05, 0.1) is 0 Å². The Balaban J connectivity index is 0. The van der Waals surface area contributed by atoms with E-state index in [1.807, 2.05) is 18.0 Å². The highest BCUT2D eigenvalue weighted by Crippen LogP contribution is 1.83. The first-order valence-corrected chi connectivity index (χ1v) is 3.04. The first kappa shape index (κ1) is 12.3. The summed E-state index contributed by atoms with van der Waals surface area (Å²) in [7, 11) is 1.96. The van der Waals surface area contributed by atoms with Crippen molar-refractivity contribution in [2.45, 2.75) is 6.42 Å². The Hall–Kier alpha value is -0.340. The van der Waals surface area contributed by atoms with E-state index in [9.17, 15) is 4.79 Å². The van der Waals surface area contributed by atoms with E-state index >= 15 is 0 Å². The summed E-state index contributed by atoms with van der Waals surface area (Å²) < 4.78 is 0. The number of aldehydes is 1. The number of likely N-dealkylation sites (N-methyl/N-ethyl adjacent to an activating group) is 1. The second-order valence-corrected chi connectivity index (χ2v) is 2.01. The van der Waals surface area contributed by atoms with Crippen molar-refractivity contribution in [2.75, 3.05) is 20.1 Å². The molecule has 0 aliphatic carbocycles. The molecule has 0 rings (SSSR count). The van der Waals surface area contributed by atoms with Gasteiger partial charge in [0, 0.05) is 19.5 Å². The average Bonchev–Trinajstić information content (AvgIpc) is 1.85. The lowest BCUT2D eigenvalue weighted by Crippen LogP contribution is -2.19. The van der Waals surface area contributed by atoms with E-state index in [-0.39, 0.29) is 12.4 Å². The Morgan fingerprint density at radius 1 is 1.60 bits per heavy atom. The van der Waals surface area contributed by atoms with Crippen molar-refractivity contribution < 1.29 is 4.79 Å². The minimum atomic E-state index is 0. The van der Waals surface area contributed by atoms with Crippen molar-refractivity contribution in [1.29, 1.82) is 0 Å². The fraction of sp³-hybridized carbons (Fsp3) is 0.571. The number of carbonyl (C=O) groups excluding carboxylic acids is 1. The highest BCUT2D eigenvalue weighted by Gasteiger charge is 1.91. The molecule has 0 fully saturated rings. The summed E-state index contributed by atoms with van der Waals surface area (Å²) in [6, 6.07) is 0. The van der Waals surface area contributed by atoms with Crippen LogP contribution in [0.4, 0.5) is 0 Å². The van der Waals surface area contributed by atoms with E-state index in [4.69, 9.17) is 0 Å². The number of hydrogen-bond acceptors (Lipinski definition) is 2. The maximum absolute atomic E-state index is 9.86. The molecule has 0 saturated carbocycles. The number of hydrogen-bond donors (Lipinski definition) is 0. The summed E-state index contributed by atoms with van der Waals surface area (Å²) in [5.74, 6) is 0. The molecule has 0 heterocycles. The van der Waals surface area contributed by atoms with Gasteiger partial charge in [0.2, 0.25) is 0 Å². The molecule has 0 spiro atoms. The molecule has 0 bridgehead atoms. The van der Waals surface area contributed by atoms with Crippen molar-refractivity contribution in [3.63, 3.8) is 0 Å². The van der Waals surface area contributed by atoms with Crippen molar-refractivity contribution in [3.05, 3.63) is 12.7 Å². The zero-order valence-corrected chi connectivity index (χ0v) is 7.06. The van der Waals surface area contributed by atoms with Gasteiger partial charge < -0.3 is 9.69 Å². The van der Waals surface area contributed by atoms with E-state index < -0.39 is 0 Å². The summed E-state index contributed by atoms with van der Waals surface area (Å²) in [6.07, 6.45) is 3.37. The van der Waals surface area contributed by atoms with Gasteiger partial charge in [-0.1, -0.05) is 6.08 Å². The molecule has 0 saturated heterocycles. The van der Waals surface area contributed by atoms with E-state index in [2.05, 4.69) is 6.58 Å². The summed E-state index contributed by atoms with van der Waals surface area (Å²) in [4.78, 5) is 11.9. The zero-order valence-electron chi connectivity index (χ0n) is 6.25. The first-order chi connectivity index (χ1) is 4.31. The molecule has 60 valence electrons. The van der Waals surface area contributed by atoms with Gasteiger partial charge >= 0.3 is 0 Å². The van der Waals surface area contributed by atoms with E-state index in [0.717, 1.165) is 19.4 Å². The molecule has 0 aromatic heterocycles. The lowest BCUT2D eigenvalue weighted by atomic mass is 10.4. The Kier molecular flexibility index (Phi) is 10.7. The van der Waals surface area contributed by atoms with Crippen LogP contribution in [0, 0.1) is 0 Å². The van der Waals surface area contributed by atoms with Gasteiger partial charge in [0.25, 0.3) is 0 Å². The lowest BCUT2D eigenvalue weighted by Gasteiger charge is -2.10. The Morgan fingerprint density at radius 2 is 2.20 bits per heavy atom. The molecule has 0 aliphatic rings. The minimum Gasteiger partial charge on any atom is -0.303 e. The summed E-state index contributed by atoms with van der Waals surface area (Å²) in [5, 5.41) is 0. The smallest absolute Gasteiger partial charge is 0.121 e. The summed E-state index contributed by atoms with van der Waals surface area (Å²) >= 11 is 0. The molecule has 0 amide bonds. The molecule has 0 aromatic rings. The van der Waals surface area contributed by atoms with Crippen molar-refractivity contribution in [3.8, 4) is 0 Å². The van der Waals surface area contributed by atoms with E-state index in [0.29, 0.717) is 6.42 Å². The molecule has 3 heteroatoms. The maximum Gasteiger partial charge on any atom is 0.121 e. The van der Waals surface area contributed by atoms with Crippen LogP contribution in [0.1, 0.15) is 6.42 Å². The molecule has 0 aromatic carbocycles. The fourth-order valence-electron chi connectivity index (χ4n) is 0.585. The predicted octanol–water partition coefficient (Wildman–Crippen LogP) is 1.11. The molecule has 0 atom stereocenters. The third-order valence-corrected chi connectivity index (χ3v) is 1.07. The first-order valence-electron chi connectivity index (χ1n) is 3.04. The monoisotopic (exact) mass is 163 g/mol. The highest BCUT2D eigenvalue weighted by molar-refractivity contribution is 5.85. The molecule has 0 unspecified atom stereocenters. The quantitative estimate of drug-likeness (QED) is 0.447. The molecule has 0 radical (unpaired) electrons. The van der Waals surface area contributed by atoms with Gasteiger partial charge in [-0.05, 0) is 7.05 Å². The molecular weight excluding hydrogens is 150 g/mol. The highest BCUT2D eigenvalue weighted by atomic mass is 35.5. The van der Waals surface area contributed by atoms with Gasteiger partial charge in [0.1, 0.15) is 6.29 Å². The number of carbonyl (C=O) groups is 1. The van der Waals surface area contributed by atoms with E-state index in [1.54, 1.807) is 0 Å². The maximum atomic E-state index is 9.86. The lowest BCUT2D eigenvalue weighted by molar-refractivity contribution is -0.108. The Labute approximate surface area is 68.3 Å². The number of rotatable bonds is 5. The second-order valence-electron chi connectivity index (χ2n) is 2.01. The van der Waals surface area contributed by atoms with Gasteiger partial charge in [0.15, 0.2) is 0 Å². The topological polar surface area (TPSA) is 20.3 Å². The van der Waals surface area contributed by atoms with Crippen LogP contribution in [0.25, 0.3) is 0 Å². The normalized spacial score (nSPS) is 8.60. The van der Waals surface area contributed by atoms with Gasteiger partial charge in [-0.3, -0.25) is 0 Å². The minimum absolute atomic E-state index is 0. The van der Waals surface area contributed by atoms with Crippen LogP contribution in [-0.4, -0.2) is 31.3 Å². The SMILES string of the molecule is C=CCN(C)CCC=O.Cl. The largest absolute Gasteiger partial charge is 0.303 e. The van der Waals surface area contributed by atoms with Crippen LogP contribution in [0.5, 0.6) is 0 Å². The zero-order chi connectivity index (χ0) is 7.11. The summed E-state index contributed by atoms with van der Waals surface area (Å²) in [6.45, 7) is 5.26. The van der Waals surface area contributed by atoms with Crippen molar-refractivity contribution >= 4 is 18.7 Å². The Morgan fingerprint density at radius 3 is 2.60 bits per heavy atom. The van der Waals surface area contributed by atoms with Crippen molar-refractivity contribution in [2.24, 2.45) is 0 Å². The van der Waals surface area contributed by atoms with Crippen LogP contribution in [0.15, 0.2) is 12.7 Å². The fourth-order valence-corrected chi connectivity index (χ4v) is 0.585. The standard InChI is InChI=1S/C7H13NO.ClH/c1-3-5-8(2)6-4-7-9;/h3,7H,1,4-6H2,2H3;1H. The third kappa shape index (κ3) is 7.66. The third-order valence-electron chi connectivity index (χ3n) is 1.07. The molecular formula is C7H14ClNO. The van der Waals surface area contributed by atoms with Gasteiger partial charge in [-0.25, -0.2) is 0 Å². The van der Waals surface area contributed by atoms with Crippen LogP contribution >= 0.6 is 12.4 Å². The molecule has 0 N–H and O–H groups in total. The predicted molar refractivity (Wildman–Crippen MR) is 45.6 cm³/mol. The Bertz CT molecular complexity index is 95.6. The van der Waals surface area contributed by atoms with Gasteiger partial charge in [-0.15, -0.1) is 19.0 Å². The molecule has 10 heavy (non-hydrogen) atoms. The number of nitrogens with zero attached hydrogens (tertiary/aromatic N) is 1. The van der Waals surface area contributed by atoms with Crippen molar-refractivity contribution in [1.82, 2.24) is 4.90 Å². The van der Waals surface area contributed by atoms with Crippen LogP contribution in [-0.2, 0) is 4.79 Å². The van der Waals surface area contributed by atoms with E-state index in [1.165, 1.54) is 0 Å². The summed E-state index contributed by atoms with van der Waals surface area (Å²) in [5.41, 5.74) is 0. The number of halogens is 1. The molecule has 0 aliphatic heterocycles. The second kappa shape index (κ2) is 8.66. The van der Waals surface area contributed by atoms with Crippen LogP contribution < -0.4 is 0 Å². The van der Waals surface area contributed by atoms with Crippen LogP contribution in [0.3, 0.4) is 0 Å². The van der Waals surface area contributed by atoms with Gasteiger partial charge in [-0.2, -0.15) is 0 Å². The molecule has 2 nitrogen and oxygen atoms in total. The van der Waals surface area contributed by atoms with Crippen LogP contribution in [0.2, 0.25) is 0 Å². The average molecular weight is 164 g/mol.